The summed E-state index contributed by atoms with van der Waals surface area (Å²) in [6.07, 6.45) is -0.188. The predicted octanol–water partition coefficient (Wildman–Crippen LogP) is 5.31. The number of fused-ring (bicyclic) bond motifs is 3. The van der Waals surface area contributed by atoms with Crippen molar-refractivity contribution in [2.24, 2.45) is 0 Å². The number of halogens is 1. The lowest BCUT2D eigenvalue weighted by Crippen LogP contribution is -2.26. The van der Waals surface area contributed by atoms with Crippen molar-refractivity contribution < 1.29 is 18.7 Å². The van der Waals surface area contributed by atoms with Crippen molar-refractivity contribution >= 4 is 11.9 Å². The van der Waals surface area contributed by atoms with Crippen molar-refractivity contribution in [2.45, 2.75) is 19.3 Å². The molecule has 0 aromatic heterocycles. The second-order valence-electron chi connectivity index (χ2n) is 7.53. The third-order valence-electron chi connectivity index (χ3n) is 5.46. The molecule has 1 amide bonds. The van der Waals surface area contributed by atoms with Crippen molar-refractivity contribution in [3.05, 3.63) is 94.8 Å². The van der Waals surface area contributed by atoms with E-state index in [-0.39, 0.29) is 36.0 Å². The molecule has 3 aromatic carbocycles. The molecule has 0 bridgehead atoms. The van der Waals surface area contributed by atoms with Crippen LogP contribution in [0.5, 0.6) is 0 Å². The molecule has 0 unspecified atom stereocenters. The maximum absolute atomic E-state index is 14.2. The van der Waals surface area contributed by atoms with E-state index in [0.29, 0.717) is 6.42 Å². The van der Waals surface area contributed by atoms with E-state index in [4.69, 9.17) is 4.74 Å². The summed E-state index contributed by atoms with van der Waals surface area (Å²) < 4.78 is 19.7. The molecule has 0 atom stereocenters. The van der Waals surface area contributed by atoms with E-state index in [0.717, 1.165) is 11.1 Å². The quantitative estimate of drug-likeness (QED) is 0.341. The number of amides is 1. The van der Waals surface area contributed by atoms with Gasteiger partial charge in [0.1, 0.15) is 12.4 Å². The van der Waals surface area contributed by atoms with E-state index in [1.807, 2.05) is 24.3 Å². The summed E-state index contributed by atoms with van der Waals surface area (Å²) in [4.78, 5) is 23.6. The summed E-state index contributed by atoms with van der Waals surface area (Å²) >= 11 is 0. The van der Waals surface area contributed by atoms with Crippen LogP contribution in [-0.4, -0.2) is 25.0 Å². The van der Waals surface area contributed by atoms with Crippen molar-refractivity contribution in [3.8, 4) is 23.0 Å². The summed E-state index contributed by atoms with van der Waals surface area (Å²) in [6, 6.07) is 20.9. The second-order valence-corrected chi connectivity index (χ2v) is 7.53. The van der Waals surface area contributed by atoms with Crippen LogP contribution >= 0.6 is 0 Å². The molecule has 3 aromatic rings. The lowest BCUT2D eigenvalue weighted by Gasteiger charge is -2.14. The Hall–Kier alpha value is -3.91. The Kier molecular flexibility index (Phi) is 6.32. The highest BCUT2D eigenvalue weighted by Gasteiger charge is 2.28. The van der Waals surface area contributed by atoms with Crippen molar-refractivity contribution in [1.29, 1.82) is 0 Å². The number of nitrogens with one attached hydrogen (secondary N) is 1. The van der Waals surface area contributed by atoms with Crippen LogP contribution in [0.3, 0.4) is 0 Å². The molecule has 1 N–H and O–H groups in total. The fourth-order valence-corrected chi connectivity index (χ4v) is 3.93. The molecular weight excluding hydrogens is 405 g/mol. The number of ether oxygens (including phenoxy) is 1. The largest absolute Gasteiger partial charge is 0.449 e. The van der Waals surface area contributed by atoms with E-state index in [1.165, 1.54) is 30.2 Å². The van der Waals surface area contributed by atoms with Gasteiger partial charge in [0, 0.05) is 18.9 Å². The first-order valence-corrected chi connectivity index (χ1v) is 10.4. The smallest absolute Gasteiger partial charge is 0.407 e. The molecule has 160 valence electrons. The summed E-state index contributed by atoms with van der Waals surface area (Å²) in [5, 5.41) is 2.67. The zero-order valence-corrected chi connectivity index (χ0v) is 17.7. The number of alkyl carbamates (subject to hydrolysis) is 1. The van der Waals surface area contributed by atoms with E-state index >= 15 is 0 Å². The van der Waals surface area contributed by atoms with Gasteiger partial charge in [-0.15, -0.1) is 0 Å². The minimum Gasteiger partial charge on any atom is -0.449 e. The Morgan fingerprint density at radius 3 is 2.28 bits per heavy atom. The number of rotatable bonds is 5. The first-order chi connectivity index (χ1) is 15.6. The van der Waals surface area contributed by atoms with Gasteiger partial charge in [-0.2, -0.15) is 0 Å². The molecule has 4 rings (SSSR count). The molecule has 0 aliphatic heterocycles. The molecule has 32 heavy (non-hydrogen) atoms. The van der Waals surface area contributed by atoms with Gasteiger partial charge in [0.25, 0.3) is 0 Å². The van der Waals surface area contributed by atoms with Crippen LogP contribution in [0.25, 0.3) is 11.1 Å². The summed E-state index contributed by atoms with van der Waals surface area (Å²) in [6.45, 7) is 1.83. The molecule has 4 nitrogen and oxygen atoms in total. The fourth-order valence-electron chi connectivity index (χ4n) is 3.93. The first-order valence-electron chi connectivity index (χ1n) is 10.4. The maximum atomic E-state index is 14.2. The number of hydrogen-bond donors (Lipinski definition) is 1. The van der Waals surface area contributed by atoms with Crippen LogP contribution in [0.15, 0.2) is 66.7 Å². The van der Waals surface area contributed by atoms with Gasteiger partial charge < -0.3 is 10.1 Å². The average Bonchev–Trinajstić information content (AvgIpc) is 3.12. The van der Waals surface area contributed by atoms with E-state index in [2.05, 4.69) is 41.4 Å². The molecule has 0 saturated carbocycles. The number of hydrogen-bond acceptors (Lipinski definition) is 3. The van der Waals surface area contributed by atoms with Gasteiger partial charge in [-0.25, -0.2) is 9.18 Å². The van der Waals surface area contributed by atoms with E-state index in [1.54, 1.807) is 6.07 Å². The number of carbonyl (C=O) groups is 2. The third-order valence-corrected chi connectivity index (χ3v) is 5.46. The Balaban J connectivity index is 1.30. The van der Waals surface area contributed by atoms with Crippen LogP contribution < -0.4 is 5.32 Å². The normalized spacial score (nSPS) is 11.7. The number of carbonyl (C=O) groups excluding carboxylic acids is 2. The van der Waals surface area contributed by atoms with Gasteiger partial charge in [0.05, 0.1) is 11.1 Å². The predicted molar refractivity (Wildman–Crippen MR) is 121 cm³/mol. The van der Waals surface area contributed by atoms with E-state index < -0.39 is 11.9 Å². The lowest BCUT2D eigenvalue weighted by atomic mass is 9.98. The average molecular weight is 427 g/mol. The SMILES string of the molecule is CC(=O)c1cccc(C#CCCNC(=O)OCC2c3ccccc3-c3ccccc32)c1F. The lowest BCUT2D eigenvalue weighted by molar-refractivity contribution is 0.101. The van der Waals surface area contributed by atoms with Gasteiger partial charge in [-0.3, -0.25) is 4.79 Å². The molecule has 0 heterocycles. The molecule has 1 aliphatic rings. The number of ketones is 1. The zero-order valence-electron chi connectivity index (χ0n) is 17.7. The first kappa shape index (κ1) is 21.3. The van der Waals surface area contributed by atoms with Crippen LogP contribution in [0.1, 0.15) is 46.3 Å². The van der Waals surface area contributed by atoms with Crippen molar-refractivity contribution in [1.82, 2.24) is 5.32 Å². The third kappa shape index (κ3) is 4.40. The van der Waals surface area contributed by atoms with Gasteiger partial charge in [-0.1, -0.05) is 66.4 Å². The fraction of sp³-hybridized carbons (Fsp3) is 0.185. The zero-order chi connectivity index (χ0) is 22.5. The maximum Gasteiger partial charge on any atom is 0.407 e. The number of benzene rings is 3. The van der Waals surface area contributed by atoms with Crippen LogP contribution in [0.2, 0.25) is 0 Å². The summed E-state index contributed by atoms with van der Waals surface area (Å²) in [5.41, 5.74) is 4.85. The molecule has 1 aliphatic carbocycles. The monoisotopic (exact) mass is 427 g/mol. The topological polar surface area (TPSA) is 55.4 Å². The van der Waals surface area contributed by atoms with Crippen molar-refractivity contribution in [2.75, 3.05) is 13.2 Å². The van der Waals surface area contributed by atoms with Gasteiger partial charge in [0.2, 0.25) is 0 Å². The molecule has 0 fully saturated rings. The van der Waals surface area contributed by atoms with Gasteiger partial charge in [0.15, 0.2) is 5.78 Å². The van der Waals surface area contributed by atoms with Crippen LogP contribution in [0.4, 0.5) is 9.18 Å². The highest BCUT2D eigenvalue weighted by atomic mass is 19.1. The van der Waals surface area contributed by atoms with Crippen LogP contribution in [0, 0.1) is 17.7 Å². The summed E-state index contributed by atoms with van der Waals surface area (Å²) in [5.74, 6) is 4.57. The Morgan fingerprint density at radius 2 is 1.62 bits per heavy atom. The Bertz CT molecular complexity index is 1190. The minimum absolute atomic E-state index is 0.00414. The van der Waals surface area contributed by atoms with Gasteiger partial charge >= 0.3 is 6.09 Å². The van der Waals surface area contributed by atoms with Gasteiger partial charge in [-0.05, 0) is 41.3 Å². The van der Waals surface area contributed by atoms with Crippen LogP contribution in [-0.2, 0) is 4.74 Å². The molecule has 5 heteroatoms. The van der Waals surface area contributed by atoms with E-state index in [9.17, 15) is 14.0 Å². The number of Topliss-reactive ketones (excluding diaryl/α,β-unsaturated/α-hetero) is 1. The second kappa shape index (κ2) is 9.49. The highest BCUT2D eigenvalue weighted by molar-refractivity contribution is 5.94. The molecule has 0 radical (unpaired) electrons. The highest BCUT2D eigenvalue weighted by Crippen LogP contribution is 2.44. The minimum atomic E-state index is -0.614. The molecule has 0 spiro atoms. The molecular formula is C27H22FNO3. The standard InChI is InChI=1S/C27H22FNO3/c1-18(30)20-15-8-10-19(26(20)28)9-6-7-16-29-27(31)32-17-25-23-13-4-2-11-21(23)22-12-3-5-14-24(22)25/h2-5,8,10-15,25H,7,16-17H2,1H3,(H,29,31). The summed E-state index contributed by atoms with van der Waals surface area (Å²) in [7, 11) is 0. The Morgan fingerprint density at radius 1 is 0.969 bits per heavy atom. The van der Waals surface area contributed by atoms with Crippen molar-refractivity contribution in [3.63, 3.8) is 0 Å². The Labute approximate surface area is 186 Å². The molecule has 0 saturated heterocycles.